The molecule has 0 saturated carbocycles. The second-order valence-corrected chi connectivity index (χ2v) is 7.08. The fourth-order valence-corrected chi connectivity index (χ4v) is 3.62. The molecule has 0 radical (unpaired) electrons. The van der Waals surface area contributed by atoms with E-state index in [0.717, 1.165) is 28.5 Å². The number of carbonyl (C=O) groups excluding carboxylic acids is 1. The molecular formula is C22H23NO2. The molecule has 3 aromatic rings. The average molecular weight is 333 g/mol. The highest BCUT2D eigenvalue weighted by atomic mass is 16.3. The van der Waals surface area contributed by atoms with Crippen LogP contribution in [0.2, 0.25) is 0 Å². The van der Waals surface area contributed by atoms with Crippen LogP contribution in [0, 0.1) is 6.92 Å². The van der Waals surface area contributed by atoms with Gasteiger partial charge in [-0.3, -0.25) is 4.79 Å². The number of hydrogen-bond acceptors (Lipinski definition) is 2. The van der Waals surface area contributed by atoms with Crippen LogP contribution in [-0.4, -0.2) is 5.91 Å². The Hall–Kier alpha value is -2.55. The van der Waals surface area contributed by atoms with Crippen molar-refractivity contribution in [3.63, 3.8) is 0 Å². The van der Waals surface area contributed by atoms with Gasteiger partial charge in [-0.15, -0.1) is 0 Å². The molecule has 2 aromatic carbocycles. The van der Waals surface area contributed by atoms with Crippen LogP contribution in [-0.2, 0) is 12.8 Å². The molecule has 1 amide bonds. The zero-order valence-electron chi connectivity index (χ0n) is 14.8. The topological polar surface area (TPSA) is 42.2 Å². The lowest BCUT2D eigenvalue weighted by Gasteiger charge is -2.19. The minimum absolute atomic E-state index is 0.0466. The monoisotopic (exact) mass is 333 g/mol. The van der Waals surface area contributed by atoms with Crippen molar-refractivity contribution >= 4 is 16.9 Å². The van der Waals surface area contributed by atoms with Crippen molar-refractivity contribution in [2.45, 2.75) is 45.6 Å². The third kappa shape index (κ3) is 3.19. The number of fused-ring (bicyclic) bond motifs is 2. The summed E-state index contributed by atoms with van der Waals surface area (Å²) >= 11 is 0. The van der Waals surface area contributed by atoms with Crippen molar-refractivity contribution in [2.24, 2.45) is 0 Å². The van der Waals surface area contributed by atoms with Gasteiger partial charge in [-0.1, -0.05) is 30.3 Å². The van der Waals surface area contributed by atoms with E-state index in [9.17, 15) is 4.79 Å². The standard InChI is InChI=1S/C22H23NO2/c1-14-7-8-19-13-21(25-20(19)11-14)22(24)23-15(2)17-10-9-16-5-3-4-6-18(16)12-17/h7-13,15H,3-6H2,1-2H3,(H,23,24). The predicted molar refractivity (Wildman–Crippen MR) is 99.9 cm³/mol. The summed E-state index contributed by atoms with van der Waals surface area (Å²) in [6.07, 6.45) is 4.86. The Balaban J connectivity index is 1.53. The first kappa shape index (κ1) is 15.9. The second kappa shape index (κ2) is 6.40. The van der Waals surface area contributed by atoms with Crippen LogP contribution in [0.5, 0.6) is 0 Å². The summed E-state index contributed by atoms with van der Waals surface area (Å²) in [7, 11) is 0. The summed E-state index contributed by atoms with van der Waals surface area (Å²) in [6.45, 7) is 4.04. The lowest BCUT2D eigenvalue weighted by Crippen LogP contribution is -2.26. The van der Waals surface area contributed by atoms with Crippen molar-refractivity contribution in [1.29, 1.82) is 0 Å². The lowest BCUT2D eigenvalue weighted by molar-refractivity contribution is 0.0914. The smallest absolute Gasteiger partial charge is 0.287 e. The van der Waals surface area contributed by atoms with Crippen LogP contribution >= 0.6 is 0 Å². The molecule has 3 heteroatoms. The van der Waals surface area contributed by atoms with E-state index in [4.69, 9.17) is 4.42 Å². The van der Waals surface area contributed by atoms with Gasteiger partial charge < -0.3 is 9.73 Å². The maximum Gasteiger partial charge on any atom is 0.287 e. The van der Waals surface area contributed by atoms with Crippen molar-refractivity contribution in [3.05, 3.63) is 70.5 Å². The number of aryl methyl sites for hydroxylation is 3. The van der Waals surface area contributed by atoms with Gasteiger partial charge in [-0.25, -0.2) is 0 Å². The number of rotatable bonds is 3. The molecule has 0 bridgehead atoms. The fourth-order valence-electron chi connectivity index (χ4n) is 3.62. The van der Waals surface area contributed by atoms with Gasteiger partial charge in [-0.05, 0) is 73.9 Å². The molecule has 1 aliphatic rings. The number of amides is 1. The van der Waals surface area contributed by atoms with Crippen LogP contribution in [0.4, 0.5) is 0 Å². The van der Waals surface area contributed by atoms with Crippen molar-refractivity contribution < 1.29 is 9.21 Å². The predicted octanol–water partition coefficient (Wildman–Crippen LogP) is 5.11. The van der Waals surface area contributed by atoms with Crippen LogP contribution in [0.1, 0.15) is 58.6 Å². The number of benzene rings is 2. The van der Waals surface area contributed by atoms with Gasteiger partial charge in [0.1, 0.15) is 5.58 Å². The quantitative estimate of drug-likeness (QED) is 0.723. The van der Waals surface area contributed by atoms with E-state index < -0.39 is 0 Å². The summed E-state index contributed by atoms with van der Waals surface area (Å²) in [6, 6.07) is 14.3. The van der Waals surface area contributed by atoms with Gasteiger partial charge in [0.05, 0.1) is 6.04 Å². The molecule has 1 aromatic heterocycles. The normalized spacial score (nSPS) is 15.0. The third-order valence-corrected chi connectivity index (χ3v) is 5.12. The zero-order chi connectivity index (χ0) is 17.4. The Kier molecular flexibility index (Phi) is 4.08. The molecule has 1 N–H and O–H groups in total. The first-order chi connectivity index (χ1) is 12.1. The highest BCUT2D eigenvalue weighted by Gasteiger charge is 2.17. The highest BCUT2D eigenvalue weighted by Crippen LogP contribution is 2.25. The Morgan fingerprint density at radius 2 is 1.84 bits per heavy atom. The van der Waals surface area contributed by atoms with Gasteiger partial charge in [0.25, 0.3) is 5.91 Å². The summed E-state index contributed by atoms with van der Waals surface area (Å²) in [5, 5.41) is 4.02. The number of carbonyl (C=O) groups is 1. The summed E-state index contributed by atoms with van der Waals surface area (Å²) in [5.41, 5.74) is 5.93. The average Bonchev–Trinajstić information content (AvgIpc) is 3.04. The first-order valence-electron chi connectivity index (χ1n) is 9.03. The first-order valence-corrected chi connectivity index (χ1v) is 9.03. The van der Waals surface area contributed by atoms with Crippen LogP contribution in [0.25, 0.3) is 11.0 Å². The summed E-state index contributed by atoms with van der Waals surface area (Å²) < 4.78 is 5.73. The Morgan fingerprint density at radius 1 is 1.04 bits per heavy atom. The van der Waals surface area contributed by atoms with E-state index in [1.54, 1.807) is 0 Å². The van der Waals surface area contributed by atoms with E-state index in [2.05, 4.69) is 23.5 Å². The van der Waals surface area contributed by atoms with Gasteiger partial charge in [0, 0.05) is 5.39 Å². The SMILES string of the molecule is Cc1ccc2cc(C(=O)NC(C)c3ccc4c(c3)CCCC4)oc2c1. The van der Waals surface area contributed by atoms with E-state index >= 15 is 0 Å². The molecule has 25 heavy (non-hydrogen) atoms. The van der Waals surface area contributed by atoms with Gasteiger partial charge in [0.2, 0.25) is 0 Å². The van der Waals surface area contributed by atoms with E-state index in [1.165, 1.54) is 30.4 Å². The van der Waals surface area contributed by atoms with Crippen LogP contribution < -0.4 is 5.32 Å². The Morgan fingerprint density at radius 3 is 2.68 bits per heavy atom. The lowest BCUT2D eigenvalue weighted by atomic mass is 9.89. The molecule has 1 aliphatic carbocycles. The number of nitrogens with one attached hydrogen (secondary N) is 1. The molecule has 0 fully saturated rings. The third-order valence-electron chi connectivity index (χ3n) is 5.12. The minimum Gasteiger partial charge on any atom is -0.451 e. The molecule has 1 unspecified atom stereocenters. The molecule has 4 rings (SSSR count). The van der Waals surface area contributed by atoms with Crippen molar-refractivity contribution in [1.82, 2.24) is 5.32 Å². The van der Waals surface area contributed by atoms with E-state index in [1.807, 2.05) is 38.1 Å². The van der Waals surface area contributed by atoms with E-state index in [0.29, 0.717) is 5.76 Å². The summed E-state index contributed by atoms with van der Waals surface area (Å²) in [4.78, 5) is 12.6. The Bertz CT molecular complexity index is 938. The fraction of sp³-hybridized carbons (Fsp3) is 0.318. The van der Waals surface area contributed by atoms with Crippen molar-refractivity contribution in [2.75, 3.05) is 0 Å². The summed E-state index contributed by atoms with van der Waals surface area (Å²) in [5.74, 6) is 0.199. The van der Waals surface area contributed by atoms with E-state index in [-0.39, 0.29) is 11.9 Å². The molecule has 1 heterocycles. The number of hydrogen-bond donors (Lipinski definition) is 1. The molecule has 1 atom stereocenters. The largest absolute Gasteiger partial charge is 0.451 e. The van der Waals surface area contributed by atoms with Gasteiger partial charge in [-0.2, -0.15) is 0 Å². The Labute approximate surface area is 148 Å². The zero-order valence-corrected chi connectivity index (χ0v) is 14.8. The molecule has 128 valence electrons. The van der Waals surface area contributed by atoms with Crippen molar-refractivity contribution in [3.8, 4) is 0 Å². The minimum atomic E-state index is -0.168. The number of furan rings is 1. The molecule has 3 nitrogen and oxygen atoms in total. The second-order valence-electron chi connectivity index (χ2n) is 7.08. The van der Waals surface area contributed by atoms with Crippen LogP contribution in [0.3, 0.4) is 0 Å². The molecular weight excluding hydrogens is 310 g/mol. The highest BCUT2D eigenvalue weighted by molar-refractivity contribution is 5.96. The maximum atomic E-state index is 12.6. The van der Waals surface area contributed by atoms with Gasteiger partial charge in [0.15, 0.2) is 5.76 Å². The van der Waals surface area contributed by atoms with Crippen LogP contribution in [0.15, 0.2) is 46.9 Å². The molecule has 0 spiro atoms. The van der Waals surface area contributed by atoms with Gasteiger partial charge >= 0.3 is 0 Å². The molecule has 0 aliphatic heterocycles. The maximum absolute atomic E-state index is 12.6. The molecule has 0 saturated heterocycles.